The first-order chi connectivity index (χ1) is 12.0. The van der Waals surface area contributed by atoms with Gasteiger partial charge in [0.25, 0.3) is 11.7 Å². The van der Waals surface area contributed by atoms with E-state index < -0.39 is 16.8 Å². The van der Waals surface area contributed by atoms with Crippen LogP contribution in [-0.2, 0) is 24.0 Å². The quantitative estimate of drug-likeness (QED) is 0.546. The van der Waals surface area contributed by atoms with E-state index in [9.17, 15) is 4.79 Å². The summed E-state index contributed by atoms with van der Waals surface area (Å²) in [6, 6.07) is 0. The highest BCUT2D eigenvalue weighted by molar-refractivity contribution is 6.02. The molecule has 1 saturated heterocycles. The molecule has 0 radical (unpaired) electrons. The fourth-order valence-corrected chi connectivity index (χ4v) is 4.97. The Morgan fingerprint density at radius 3 is 2.50 bits per heavy atom. The van der Waals surface area contributed by atoms with Gasteiger partial charge in [0.05, 0.1) is 12.7 Å². The third kappa shape index (κ3) is 2.26. The van der Waals surface area contributed by atoms with E-state index in [1.165, 1.54) is 7.11 Å². The second kappa shape index (κ2) is 5.96. The lowest BCUT2D eigenvalue weighted by Crippen LogP contribution is -2.72. The molecule has 26 heavy (non-hydrogen) atoms. The van der Waals surface area contributed by atoms with Crippen molar-refractivity contribution in [2.75, 3.05) is 7.11 Å². The molecule has 0 saturated carbocycles. The second-order valence-corrected chi connectivity index (χ2v) is 8.56. The van der Waals surface area contributed by atoms with Crippen LogP contribution in [0.25, 0.3) is 0 Å². The molecule has 3 aliphatic heterocycles. The Hall–Kier alpha value is -1.59. The minimum absolute atomic E-state index is 0.0233. The average Bonchev–Trinajstić information content (AvgIpc) is 2.56. The summed E-state index contributed by atoms with van der Waals surface area (Å²) in [7, 11) is 1.49. The summed E-state index contributed by atoms with van der Waals surface area (Å²) < 4.78 is 11.5. The van der Waals surface area contributed by atoms with Crippen LogP contribution in [0.5, 0.6) is 0 Å². The van der Waals surface area contributed by atoms with E-state index in [4.69, 9.17) is 19.2 Å². The number of allylic oxidation sites excluding steroid dienone is 2. The molecule has 3 heterocycles. The summed E-state index contributed by atoms with van der Waals surface area (Å²) in [4.78, 5) is 25.2. The van der Waals surface area contributed by atoms with E-state index in [1.807, 2.05) is 26.8 Å². The van der Waals surface area contributed by atoms with E-state index >= 15 is 0 Å². The maximum absolute atomic E-state index is 13.6. The number of ether oxygens (including phenoxy) is 2. The maximum Gasteiger partial charge on any atom is 0.288 e. The average molecular weight is 362 g/mol. The lowest BCUT2D eigenvalue weighted by atomic mass is 9.52. The van der Waals surface area contributed by atoms with Gasteiger partial charge in [0, 0.05) is 11.5 Å². The summed E-state index contributed by atoms with van der Waals surface area (Å²) in [5.41, 5.74) is 0.752. The Balaban J connectivity index is 2.23. The van der Waals surface area contributed by atoms with Crippen LogP contribution >= 0.6 is 0 Å². The zero-order valence-corrected chi connectivity index (χ0v) is 17.1. The summed E-state index contributed by atoms with van der Waals surface area (Å²) in [6.45, 7) is 14.0. The van der Waals surface area contributed by atoms with Crippen LogP contribution in [0.15, 0.2) is 34.8 Å². The van der Waals surface area contributed by atoms with E-state index in [0.29, 0.717) is 11.5 Å². The first-order valence-electron chi connectivity index (χ1n) is 9.25. The van der Waals surface area contributed by atoms with Gasteiger partial charge in [-0.15, -0.1) is 0 Å². The molecule has 144 valence electrons. The molecule has 0 aromatic heterocycles. The smallest absolute Gasteiger partial charge is 0.288 e. The first kappa shape index (κ1) is 19.2. The van der Waals surface area contributed by atoms with Crippen LogP contribution in [0.3, 0.4) is 0 Å². The lowest BCUT2D eigenvalue weighted by molar-refractivity contribution is -0.514. The minimum atomic E-state index is -1.32. The third-order valence-corrected chi connectivity index (χ3v) is 6.10. The normalized spacial score (nSPS) is 39.7. The van der Waals surface area contributed by atoms with E-state index in [1.54, 1.807) is 6.92 Å². The van der Waals surface area contributed by atoms with E-state index in [-0.39, 0.29) is 17.6 Å². The molecule has 5 nitrogen and oxygen atoms in total. The second-order valence-electron chi connectivity index (χ2n) is 8.56. The van der Waals surface area contributed by atoms with Crippen molar-refractivity contribution >= 4 is 5.78 Å². The van der Waals surface area contributed by atoms with Crippen LogP contribution in [-0.4, -0.2) is 24.3 Å². The van der Waals surface area contributed by atoms with Crippen molar-refractivity contribution in [2.45, 2.75) is 66.3 Å². The van der Waals surface area contributed by atoms with Gasteiger partial charge in [0.15, 0.2) is 5.78 Å². The monoisotopic (exact) mass is 362 g/mol. The number of methoxy groups -OCH3 is 1. The molecule has 4 rings (SSSR count). The largest absolute Gasteiger partial charge is 0.468 e. The van der Waals surface area contributed by atoms with Crippen molar-refractivity contribution in [1.29, 1.82) is 0 Å². The van der Waals surface area contributed by atoms with Crippen LogP contribution in [0, 0.1) is 17.3 Å². The molecule has 0 aromatic carbocycles. The maximum atomic E-state index is 13.6. The fraction of sp³-hybridized carbons (Fsp3) is 0.667. The molecular weight excluding hydrogens is 332 g/mol. The van der Waals surface area contributed by atoms with Gasteiger partial charge in [-0.1, -0.05) is 25.5 Å². The van der Waals surface area contributed by atoms with Gasteiger partial charge in [-0.2, -0.15) is 4.89 Å². The summed E-state index contributed by atoms with van der Waals surface area (Å²) in [6.07, 6.45) is 5.18. The molecule has 4 aliphatic rings. The first-order valence-corrected chi connectivity index (χ1v) is 9.25. The van der Waals surface area contributed by atoms with Gasteiger partial charge in [0.2, 0.25) is 0 Å². The number of fused-ring (bicyclic) bond motifs is 1. The Morgan fingerprint density at radius 1 is 1.31 bits per heavy atom. The Labute approximate surface area is 155 Å². The molecule has 2 bridgehead atoms. The predicted molar refractivity (Wildman–Crippen MR) is 97.7 cm³/mol. The number of carbonyl (C=O) groups is 1. The standard InChI is InChI=1S/C21H30O5/c1-12(2)9-10-13(3)16-19(6)11-14(4)21(26-25-19)20(16,7)17(22)15(5)18(23-8)24-21/h10-12,16H,9H2,1-8H3/b13-10-. The molecular formula is C21H30O5. The molecule has 1 aliphatic carbocycles. The molecule has 4 atom stereocenters. The molecule has 0 N–H and O–H groups in total. The van der Waals surface area contributed by atoms with Gasteiger partial charge in [-0.05, 0) is 53.0 Å². The zero-order valence-electron chi connectivity index (χ0n) is 17.1. The molecule has 1 fully saturated rings. The molecule has 4 unspecified atom stereocenters. The lowest BCUT2D eigenvalue weighted by Gasteiger charge is -2.62. The number of rotatable bonds is 4. The number of hydrogen-bond donors (Lipinski definition) is 0. The summed E-state index contributed by atoms with van der Waals surface area (Å²) >= 11 is 0. The molecule has 5 heteroatoms. The van der Waals surface area contributed by atoms with Gasteiger partial charge >= 0.3 is 0 Å². The van der Waals surface area contributed by atoms with Crippen molar-refractivity contribution < 1.29 is 24.0 Å². The minimum Gasteiger partial charge on any atom is -0.468 e. The van der Waals surface area contributed by atoms with Crippen molar-refractivity contribution in [3.63, 3.8) is 0 Å². The van der Waals surface area contributed by atoms with E-state index in [2.05, 4.69) is 26.8 Å². The molecule has 0 aromatic rings. The van der Waals surface area contributed by atoms with Gasteiger partial charge in [-0.3, -0.25) is 4.79 Å². The summed E-state index contributed by atoms with van der Waals surface area (Å²) in [5, 5.41) is 0. The third-order valence-electron chi connectivity index (χ3n) is 6.10. The number of carbonyl (C=O) groups excluding carboxylic acids is 1. The Morgan fingerprint density at radius 2 is 1.96 bits per heavy atom. The highest BCUT2D eigenvalue weighted by atomic mass is 17.2. The number of hydrogen-bond acceptors (Lipinski definition) is 5. The highest BCUT2D eigenvalue weighted by Gasteiger charge is 2.75. The van der Waals surface area contributed by atoms with Crippen LogP contribution in [0.4, 0.5) is 0 Å². The van der Waals surface area contributed by atoms with Crippen molar-refractivity contribution in [1.82, 2.24) is 0 Å². The number of ketones is 1. The Kier molecular flexibility index (Phi) is 4.40. The SMILES string of the molecule is COC1=C(C)C(=O)C2(C)C(/C(C)=C\CC(C)C)C3(C)C=C(C)C2(OO3)O1. The highest BCUT2D eigenvalue weighted by Crippen LogP contribution is 2.64. The zero-order chi connectivity index (χ0) is 19.5. The molecule has 0 amide bonds. The number of Topliss-reactive ketones (excluding diaryl/α,β-unsaturated/α-hetero) is 1. The van der Waals surface area contributed by atoms with Crippen LogP contribution in [0.2, 0.25) is 0 Å². The summed E-state index contributed by atoms with van der Waals surface area (Å²) in [5.74, 6) is -0.812. The predicted octanol–water partition coefficient (Wildman–Crippen LogP) is 4.46. The van der Waals surface area contributed by atoms with Crippen molar-refractivity contribution in [3.05, 3.63) is 34.8 Å². The van der Waals surface area contributed by atoms with Crippen molar-refractivity contribution in [3.8, 4) is 0 Å². The van der Waals surface area contributed by atoms with Gasteiger partial charge in [0.1, 0.15) is 11.0 Å². The van der Waals surface area contributed by atoms with Crippen molar-refractivity contribution in [2.24, 2.45) is 17.3 Å². The van der Waals surface area contributed by atoms with Crippen LogP contribution in [0.1, 0.15) is 54.9 Å². The fourth-order valence-electron chi connectivity index (χ4n) is 4.97. The van der Waals surface area contributed by atoms with Crippen LogP contribution < -0.4 is 0 Å². The molecule has 1 spiro atoms. The van der Waals surface area contributed by atoms with Gasteiger partial charge in [-0.25, -0.2) is 4.89 Å². The topological polar surface area (TPSA) is 54.0 Å². The van der Waals surface area contributed by atoms with Gasteiger partial charge < -0.3 is 9.47 Å². The Bertz CT molecular complexity index is 731. The van der Waals surface area contributed by atoms with E-state index in [0.717, 1.165) is 17.6 Å².